The lowest BCUT2D eigenvalue weighted by atomic mass is 10.1. The number of nitrogens with zero attached hydrogens (tertiary/aromatic N) is 1. The third-order valence-electron chi connectivity index (χ3n) is 3.61. The van der Waals surface area contributed by atoms with Crippen LogP contribution in [0.1, 0.15) is 18.4 Å². The van der Waals surface area contributed by atoms with E-state index in [1.54, 1.807) is 24.7 Å². The molecule has 2 fully saturated rings. The molecule has 3 rings (SSSR count). The third-order valence-corrected chi connectivity index (χ3v) is 5.04. The van der Waals surface area contributed by atoms with Crippen LogP contribution in [0.25, 0.3) is 6.08 Å². The molecule has 0 aliphatic carbocycles. The number of piperidine rings is 1. The average Bonchev–Trinajstić information content (AvgIpc) is 3.09. The van der Waals surface area contributed by atoms with Crippen molar-refractivity contribution < 1.29 is 13.9 Å². The highest BCUT2D eigenvalue weighted by Gasteiger charge is 2.39. The number of carbonyl (C=O) groups excluding carboxylic acids is 1. The Labute approximate surface area is 116 Å². The number of hydrogen-bond acceptors (Lipinski definition) is 4. The summed E-state index contributed by atoms with van der Waals surface area (Å²) in [5.74, 6) is 1.15. The number of hydrogen-bond donors (Lipinski definition) is 0. The van der Waals surface area contributed by atoms with Gasteiger partial charge in [0.15, 0.2) is 0 Å². The predicted molar refractivity (Wildman–Crippen MR) is 74.7 cm³/mol. The highest BCUT2D eigenvalue weighted by atomic mass is 32.2. The normalized spacial score (nSPS) is 22.4. The molecule has 2 aliphatic heterocycles. The van der Waals surface area contributed by atoms with E-state index in [1.807, 2.05) is 22.7 Å². The van der Waals surface area contributed by atoms with Crippen molar-refractivity contribution in [2.75, 3.05) is 25.4 Å². The second-order valence-electron chi connectivity index (χ2n) is 4.82. The Bertz CT molecular complexity index is 453. The SMILES string of the molecule is O=C(/C=C/c1ccoc1)N1CCC2(CC1)OCCS2. The smallest absolute Gasteiger partial charge is 0.246 e. The summed E-state index contributed by atoms with van der Waals surface area (Å²) < 4.78 is 10.8. The molecule has 0 saturated carbocycles. The molecule has 2 aliphatic rings. The number of ether oxygens (including phenoxy) is 1. The summed E-state index contributed by atoms with van der Waals surface area (Å²) in [4.78, 5) is 13.9. The van der Waals surface area contributed by atoms with E-state index in [1.165, 1.54) is 0 Å². The minimum absolute atomic E-state index is 0.00888. The Morgan fingerprint density at radius 3 is 2.89 bits per heavy atom. The van der Waals surface area contributed by atoms with Crippen LogP contribution in [-0.2, 0) is 9.53 Å². The molecule has 5 heteroatoms. The predicted octanol–water partition coefficient (Wildman–Crippen LogP) is 2.37. The quantitative estimate of drug-likeness (QED) is 0.780. The van der Waals surface area contributed by atoms with Gasteiger partial charge in [-0.05, 0) is 12.1 Å². The molecular weight excluding hydrogens is 262 g/mol. The zero-order chi connectivity index (χ0) is 13.1. The summed E-state index contributed by atoms with van der Waals surface area (Å²) in [6.45, 7) is 2.40. The fraction of sp³-hybridized carbons (Fsp3) is 0.500. The fourth-order valence-corrected chi connectivity index (χ4v) is 3.67. The molecule has 4 nitrogen and oxygen atoms in total. The third kappa shape index (κ3) is 2.87. The van der Waals surface area contributed by atoms with E-state index >= 15 is 0 Å². The molecule has 0 unspecified atom stereocenters. The van der Waals surface area contributed by atoms with Gasteiger partial charge in [0.05, 0.1) is 19.1 Å². The van der Waals surface area contributed by atoms with Crippen LogP contribution < -0.4 is 0 Å². The molecule has 19 heavy (non-hydrogen) atoms. The van der Waals surface area contributed by atoms with Gasteiger partial charge in [-0.2, -0.15) is 0 Å². The molecule has 102 valence electrons. The van der Waals surface area contributed by atoms with Crippen molar-refractivity contribution in [1.29, 1.82) is 0 Å². The van der Waals surface area contributed by atoms with E-state index in [-0.39, 0.29) is 10.8 Å². The maximum Gasteiger partial charge on any atom is 0.246 e. The van der Waals surface area contributed by atoms with E-state index in [2.05, 4.69) is 0 Å². The first kappa shape index (κ1) is 12.8. The first-order chi connectivity index (χ1) is 9.27. The highest BCUT2D eigenvalue weighted by molar-refractivity contribution is 8.00. The van der Waals surface area contributed by atoms with Crippen LogP contribution in [0.4, 0.5) is 0 Å². The van der Waals surface area contributed by atoms with Gasteiger partial charge in [-0.1, -0.05) is 0 Å². The molecule has 0 radical (unpaired) electrons. The van der Waals surface area contributed by atoms with Gasteiger partial charge in [0.2, 0.25) is 5.91 Å². The first-order valence-corrected chi connectivity index (χ1v) is 7.53. The van der Waals surface area contributed by atoms with Crippen molar-refractivity contribution >= 4 is 23.7 Å². The number of carbonyl (C=O) groups is 1. The molecule has 3 heterocycles. The van der Waals surface area contributed by atoms with Gasteiger partial charge in [-0.25, -0.2) is 0 Å². The second-order valence-corrected chi connectivity index (χ2v) is 6.26. The van der Waals surface area contributed by atoms with Crippen LogP contribution in [0.2, 0.25) is 0 Å². The number of rotatable bonds is 2. The zero-order valence-corrected chi connectivity index (χ0v) is 11.5. The molecule has 0 atom stereocenters. The zero-order valence-electron chi connectivity index (χ0n) is 10.7. The number of likely N-dealkylation sites (tertiary alicyclic amines) is 1. The molecule has 0 bridgehead atoms. The van der Waals surface area contributed by atoms with Gasteiger partial charge in [0.25, 0.3) is 0 Å². The summed E-state index contributed by atoms with van der Waals surface area (Å²) in [6.07, 6.45) is 8.50. The van der Waals surface area contributed by atoms with Gasteiger partial charge >= 0.3 is 0 Å². The summed E-state index contributed by atoms with van der Waals surface area (Å²) in [5.41, 5.74) is 0.913. The van der Waals surface area contributed by atoms with Gasteiger partial charge in [-0.3, -0.25) is 4.79 Å². The Balaban J connectivity index is 1.54. The maximum atomic E-state index is 12.1. The van der Waals surface area contributed by atoms with Crippen molar-refractivity contribution in [3.63, 3.8) is 0 Å². The molecule has 1 amide bonds. The van der Waals surface area contributed by atoms with Crippen LogP contribution in [0.5, 0.6) is 0 Å². The molecule has 1 aromatic heterocycles. The van der Waals surface area contributed by atoms with E-state index in [0.717, 1.165) is 43.9 Å². The average molecular weight is 279 g/mol. The topological polar surface area (TPSA) is 42.7 Å². The molecule has 0 N–H and O–H groups in total. The summed E-state index contributed by atoms with van der Waals surface area (Å²) in [5, 5.41) is 0. The Hall–Kier alpha value is -1.20. The molecular formula is C14H17NO3S. The van der Waals surface area contributed by atoms with Gasteiger partial charge in [0, 0.05) is 43.3 Å². The lowest BCUT2D eigenvalue weighted by molar-refractivity contribution is -0.128. The summed E-state index contributed by atoms with van der Waals surface area (Å²) in [6, 6.07) is 1.83. The lowest BCUT2D eigenvalue weighted by Crippen LogP contribution is -2.44. The van der Waals surface area contributed by atoms with Crippen molar-refractivity contribution in [3.05, 3.63) is 30.2 Å². The van der Waals surface area contributed by atoms with E-state index in [4.69, 9.17) is 9.15 Å². The van der Waals surface area contributed by atoms with Crippen LogP contribution >= 0.6 is 11.8 Å². The van der Waals surface area contributed by atoms with Crippen molar-refractivity contribution in [2.24, 2.45) is 0 Å². The van der Waals surface area contributed by atoms with Crippen LogP contribution in [0.3, 0.4) is 0 Å². The Morgan fingerprint density at radius 1 is 1.42 bits per heavy atom. The summed E-state index contributed by atoms with van der Waals surface area (Å²) in [7, 11) is 0. The minimum atomic E-state index is -0.00888. The first-order valence-electron chi connectivity index (χ1n) is 6.55. The Morgan fingerprint density at radius 2 is 2.26 bits per heavy atom. The second kappa shape index (κ2) is 5.43. The van der Waals surface area contributed by atoms with Crippen LogP contribution in [-0.4, -0.2) is 41.2 Å². The monoisotopic (exact) mass is 279 g/mol. The maximum absolute atomic E-state index is 12.1. The van der Waals surface area contributed by atoms with Gasteiger partial charge in [-0.15, -0.1) is 11.8 Å². The van der Waals surface area contributed by atoms with Gasteiger partial charge < -0.3 is 14.1 Å². The minimum Gasteiger partial charge on any atom is -0.472 e. The molecule has 1 aromatic rings. The van der Waals surface area contributed by atoms with E-state index in [9.17, 15) is 4.79 Å². The molecule has 2 saturated heterocycles. The molecule has 0 aromatic carbocycles. The standard InChI is InChI=1S/C14H17NO3S/c16-13(2-1-12-3-8-17-11-12)15-6-4-14(5-7-15)18-9-10-19-14/h1-3,8,11H,4-7,9-10H2/b2-1+. The largest absolute Gasteiger partial charge is 0.472 e. The lowest BCUT2D eigenvalue weighted by Gasteiger charge is -2.37. The number of thioether (sulfide) groups is 1. The number of furan rings is 1. The van der Waals surface area contributed by atoms with Gasteiger partial charge in [0.1, 0.15) is 4.93 Å². The summed E-state index contributed by atoms with van der Waals surface area (Å²) >= 11 is 1.90. The Kier molecular flexibility index (Phi) is 3.66. The van der Waals surface area contributed by atoms with Crippen LogP contribution in [0, 0.1) is 0 Å². The fourth-order valence-electron chi connectivity index (χ4n) is 2.50. The van der Waals surface area contributed by atoms with E-state index < -0.39 is 0 Å². The van der Waals surface area contributed by atoms with Crippen molar-refractivity contribution in [2.45, 2.75) is 17.8 Å². The van der Waals surface area contributed by atoms with Crippen molar-refractivity contribution in [1.82, 2.24) is 4.90 Å². The van der Waals surface area contributed by atoms with Crippen molar-refractivity contribution in [3.8, 4) is 0 Å². The highest BCUT2D eigenvalue weighted by Crippen LogP contribution is 2.41. The molecule has 1 spiro atoms. The number of amides is 1. The van der Waals surface area contributed by atoms with Crippen LogP contribution in [0.15, 0.2) is 29.1 Å². The van der Waals surface area contributed by atoms with E-state index in [0.29, 0.717) is 0 Å².